The molecule has 0 radical (unpaired) electrons. The van der Waals surface area contributed by atoms with E-state index in [0.717, 1.165) is 38.7 Å². The quantitative estimate of drug-likeness (QED) is 0.765. The van der Waals surface area contributed by atoms with E-state index in [9.17, 15) is 9.59 Å². The Hall–Kier alpha value is -1.69. The molecule has 0 bridgehead atoms. The number of rotatable bonds is 6. The fourth-order valence-electron chi connectivity index (χ4n) is 2.31. The van der Waals surface area contributed by atoms with Crippen molar-refractivity contribution >= 4 is 5.91 Å². The van der Waals surface area contributed by atoms with Crippen LogP contribution in [-0.4, -0.2) is 35.1 Å². The normalized spacial score (nSPS) is 18.1. The summed E-state index contributed by atoms with van der Waals surface area (Å²) < 4.78 is 5.54. The highest BCUT2D eigenvalue weighted by atomic mass is 16.5. The number of aromatic amines is 1. The Morgan fingerprint density at radius 1 is 1.55 bits per heavy atom. The van der Waals surface area contributed by atoms with Gasteiger partial charge in [0.25, 0.3) is 11.5 Å². The number of carbonyl (C=O) groups excluding carboxylic acids is 1. The number of hydrogen-bond donors (Lipinski definition) is 2. The molecule has 1 atom stereocenters. The molecule has 2 rings (SSSR count). The van der Waals surface area contributed by atoms with Crippen molar-refractivity contribution in [3.05, 3.63) is 27.9 Å². The molecule has 0 spiro atoms. The van der Waals surface area contributed by atoms with Crippen LogP contribution in [-0.2, 0) is 4.74 Å². The van der Waals surface area contributed by atoms with Gasteiger partial charge >= 0.3 is 0 Å². The Morgan fingerprint density at radius 3 is 3.10 bits per heavy atom. The first-order valence-corrected chi connectivity index (χ1v) is 7.12. The summed E-state index contributed by atoms with van der Waals surface area (Å²) in [5.41, 5.74) is -0.330. The van der Waals surface area contributed by atoms with E-state index < -0.39 is 5.56 Å². The van der Waals surface area contributed by atoms with Crippen LogP contribution in [0.1, 0.15) is 48.3 Å². The molecule has 6 nitrogen and oxygen atoms in total. The van der Waals surface area contributed by atoms with Crippen molar-refractivity contribution in [2.45, 2.75) is 45.1 Å². The summed E-state index contributed by atoms with van der Waals surface area (Å²) in [4.78, 5) is 29.8. The molecule has 0 unspecified atom stereocenters. The molecular weight excluding hydrogens is 258 g/mol. The lowest BCUT2D eigenvalue weighted by Gasteiger charge is -2.09. The van der Waals surface area contributed by atoms with Gasteiger partial charge < -0.3 is 15.0 Å². The van der Waals surface area contributed by atoms with Crippen LogP contribution in [0.15, 0.2) is 11.0 Å². The Morgan fingerprint density at radius 2 is 2.40 bits per heavy atom. The fourth-order valence-corrected chi connectivity index (χ4v) is 2.31. The van der Waals surface area contributed by atoms with Gasteiger partial charge in [-0.1, -0.05) is 0 Å². The highest BCUT2D eigenvalue weighted by molar-refractivity contribution is 5.93. The van der Waals surface area contributed by atoms with Crippen LogP contribution in [0, 0.1) is 6.92 Å². The SMILES string of the molecule is Cc1ncc(C(=O)NCCCC[C@H]2CCCO2)c(=O)[nH]1. The summed E-state index contributed by atoms with van der Waals surface area (Å²) in [6.07, 6.45) is 6.98. The molecule has 0 saturated carbocycles. The summed E-state index contributed by atoms with van der Waals surface area (Å²) in [5, 5.41) is 2.74. The molecule has 0 aromatic carbocycles. The van der Waals surface area contributed by atoms with Gasteiger partial charge in [0.15, 0.2) is 0 Å². The van der Waals surface area contributed by atoms with Gasteiger partial charge in [0, 0.05) is 19.3 Å². The maximum Gasteiger partial charge on any atom is 0.263 e. The largest absolute Gasteiger partial charge is 0.378 e. The number of nitrogens with one attached hydrogen (secondary N) is 2. The molecular formula is C14H21N3O3. The van der Waals surface area contributed by atoms with Crippen LogP contribution < -0.4 is 10.9 Å². The smallest absolute Gasteiger partial charge is 0.263 e. The van der Waals surface area contributed by atoms with E-state index in [0.29, 0.717) is 18.5 Å². The van der Waals surface area contributed by atoms with Gasteiger partial charge in [0.05, 0.1) is 6.10 Å². The average molecular weight is 279 g/mol. The van der Waals surface area contributed by atoms with E-state index in [1.165, 1.54) is 6.20 Å². The summed E-state index contributed by atoms with van der Waals surface area (Å²) in [6, 6.07) is 0. The Kier molecular flexibility index (Phi) is 5.29. The third-order valence-electron chi connectivity index (χ3n) is 3.43. The number of aryl methyl sites for hydroxylation is 1. The second-order valence-corrected chi connectivity index (χ2v) is 5.10. The van der Waals surface area contributed by atoms with Crippen LogP contribution in [0.4, 0.5) is 0 Å². The molecule has 1 aliphatic heterocycles. The van der Waals surface area contributed by atoms with Crippen molar-refractivity contribution in [1.82, 2.24) is 15.3 Å². The van der Waals surface area contributed by atoms with Crippen LogP contribution in [0.3, 0.4) is 0 Å². The number of aromatic nitrogens is 2. The zero-order chi connectivity index (χ0) is 14.4. The van der Waals surface area contributed by atoms with Crippen LogP contribution in [0.5, 0.6) is 0 Å². The summed E-state index contributed by atoms with van der Waals surface area (Å²) in [6.45, 7) is 3.12. The molecule has 2 N–H and O–H groups in total. The van der Waals surface area contributed by atoms with Crippen molar-refractivity contribution in [2.75, 3.05) is 13.2 Å². The third kappa shape index (κ3) is 4.16. The van der Waals surface area contributed by atoms with Crippen molar-refractivity contribution < 1.29 is 9.53 Å². The minimum absolute atomic E-state index is 0.0646. The van der Waals surface area contributed by atoms with E-state index in [4.69, 9.17) is 4.74 Å². The number of hydrogen-bond acceptors (Lipinski definition) is 4. The molecule has 6 heteroatoms. The van der Waals surface area contributed by atoms with E-state index in [2.05, 4.69) is 15.3 Å². The average Bonchev–Trinajstić information content (AvgIpc) is 2.91. The van der Waals surface area contributed by atoms with Gasteiger partial charge in [0.1, 0.15) is 11.4 Å². The van der Waals surface area contributed by atoms with Crippen molar-refractivity contribution in [3.63, 3.8) is 0 Å². The fraction of sp³-hybridized carbons (Fsp3) is 0.643. The zero-order valence-corrected chi connectivity index (χ0v) is 11.8. The van der Waals surface area contributed by atoms with E-state index >= 15 is 0 Å². The third-order valence-corrected chi connectivity index (χ3v) is 3.43. The summed E-state index contributed by atoms with van der Waals surface area (Å²) >= 11 is 0. The van der Waals surface area contributed by atoms with Gasteiger partial charge in [-0.3, -0.25) is 9.59 Å². The lowest BCUT2D eigenvalue weighted by molar-refractivity contribution is 0.0945. The molecule has 1 aromatic heterocycles. The molecule has 20 heavy (non-hydrogen) atoms. The van der Waals surface area contributed by atoms with Gasteiger partial charge in [-0.05, 0) is 39.0 Å². The van der Waals surface area contributed by atoms with Crippen molar-refractivity contribution in [3.8, 4) is 0 Å². The number of carbonyl (C=O) groups is 1. The maximum atomic E-state index is 11.8. The zero-order valence-electron chi connectivity index (χ0n) is 11.8. The number of H-pyrrole nitrogens is 1. The topological polar surface area (TPSA) is 84.1 Å². The van der Waals surface area contributed by atoms with Crippen molar-refractivity contribution in [2.24, 2.45) is 0 Å². The van der Waals surface area contributed by atoms with E-state index in [-0.39, 0.29) is 11.5 Å². The second kappa shape index (κ2) is 7.19. The lowest BCUT2D eigenvalue weighted by atomic mass is 10.1. The minimum atomic E-state index is -0.394. The predicted molar refractivity (Wildman–Crippen MR) is 74.8 cm³/mol. The van der Waals surface area contributed by atoms with Gasteiger partial charge in [0.2, 0.25) is 0 Å². The summed E-state index contributed by atoms with van der Waals surface area (Å²) in [5.74, 6) is 0.138. The number of unbranched alkanes of at least 4 members (excludes halogenated alkanes) is 1. The molecule has 1 amide bonds. The first-order valence-electron chi connectivity index (χ1n) is 7.12. The van der Waals surface area contributed by atoms with Crippen molar-refractivity contribution in [1.29, 1.82) is 0 Å². The Labute approximate surface area is 118 Å². The maximum absolute atomic E-state index is 11.8. The van der Waals surface area contributed by atoms with E-state index in [1.807, 2.05) is 0 Å². The molecule has 110 valence electrons. The number of nitrogens with zero attached hydrogens (tertiary/aromatic N) is 1. The second-order valence-electron chi connectivity index (χ2n) is 5.10. The van der Waals surface area contributed by atoms with Crippen LogP contribution in [0.25, 0.3) is 0 Å². The van der Waals surface area contributed by atoms with Gasteiger partial charge in [-0.25, -0.2) is 4.98 Å². The van der Waals surface area contributed by atoms with Gasteiger partial charge in [-0.2, -0.15) is 0 Å². The first-order chi connectivity index (χ1) is 9.66. The molecule has 1 saturated heterocycles. The number of ether oxygens (including phenoxy) is 1. The molecule has 1 aliphatic rings. The first kappa shape index (κ1) is 14.7. The minimum Gasteiger partial charge on any atom is -0.378 e. The standard InChI is InChI=1S/C14H21N3O3/c1-10-16-9-12(14(19)17-10)13(18)15-7-3-2-5-11-6-4-8-20-11/h9,11H,2-8H2,1H3,(H,15,18)(H,16,17,19)/t11-/m0/s1. The monoisotopic (exact) mass is 279 g/mol. The number of amides is 1. The van der Waals surface area contributed by atoms with Crippen LogP contribution >= 0.6 is 0 Å². The highest BCUT2D eigenvalue weighted by Crippen LogP contribution is 2.17. The van der Waals surface area contributed by atoms with Crippen LogP contribution in [0.2, 0.25) is 0 Å². The molecule has 1 aromatic rings. The van der Waals surface area contributed by atoms with E-state index in [1.54, 1.807) is 6.92 Å². The highest BCUT2D eigenvalue weighted by Gasteiger charge is 2.14. The molecule has 2 heterocycles. The summed E-state index contributed by atoms with van der Waals surface area (Å²) in [7, 11) is 0. The predicted octanol–water partition coefficient (Wildman–Crippen LogP) is 1.16. The lowest BCUT2D eigenvalue weighted by Crippen LogP contribution is -2.31. The Balaban J connectivity index is 1.68. The Bertz CT molecular complexity index is 507. The molecule has 1 fully saturated rings. The molecule has 0 aliphatic carbocycles. The van der Waals surface area contributed by atoms with Gasteiger partial charge in [-0.15, -0.1) is 0 Å².